The van der Waals surface area contributed by atoms with Crippen LogP contribution in [0.2, 0.25) is 10.0 Å². The SMILES string of the molecule is CCCNC(=O)[C@@H](Cc1ccccc1)N(Cc1cccc(Cl)c1)C(=O)CN(c1ccc(C)c(Cl)c1)S(=O)(=O)c1ccc(C)cc1. The molecular weight excluding hydrogens is 629 g/mol. The number of amides is 2. The molecule has 0 saturated carbocycles. The molecular formula is C35H37Cl2N3O4S. The minimum absolute atomic E-state index is 0.0283. The topological polar surface area (TPSA) is 86.8 Å². The molecule has 1 atom stereocenters. The Hall–Kier alpha value is -3.85. The van der Waals surface area contributed by atoms with Crippen molar-refractivity contribution < 1.29 is 18.0 Å². The maximum Gasteiger partial charge on any atom is 0.264 e. The molecule has 45 heavy (non-hydrogen) atoms. The van der Waals surface area contributed by atoms with Crippen molar-refractivity contribution in [1.82, 2.24) is 10.2 Å². The monoisotopic (exact) mass is 665 g/mol. The van der Waals surface area contributed by atoms with Gasteiger partial charge in [0, 0.05) is 29.6 Å². The first kappa shape index (κ1) is 34.0. The van der Waals surface area contributed by atoms with Crippen molar-refractivity contribution in [2.45, 2.75) is 51.1 Å². The molecule has 0 aliphatic rings. The summed E-state index contributed by atoms with van der Waals surface area (Å²) in [6.07, 6.45) is 0.937. The molecule has 1 N–H and O–H groups in total. The van der Waals surface area contributed by atoms with Crippen LogP contribution in [-0.4, -0.2) is 44.3 Å². The van der Waals surface area contributed by atoms with Gasteiger partial charge in [0.1, 0.15) is 12.6 Å². The van der Waals surface area contributed by atoms with Crippen molar-refractivity contribution in [3.63, 3.8) is 0 Å². The summed E-state index contributed by atoms with van der Waals surface area (Å²) in [6, 6.07) is 26.8. The van der Waals surface area contributed by atoms with Crippen LogP contribution < -0.4 is 9.62 Å². The molecule has 4 aromatic rings. The van der Waals surface area contributed by atoms with E-state index in [0.717, 1.165) is 21.0 Å². The summed E-state index contributed by atoms with van der Waals surface area (Å²) in [5, 5.41) is 3.78. The van der Waals surface area contributed by atoms with E-state index in [1.807, 2.05) is 57.2 Å². The van der Waals surface area contributed by atoms with Crippen molar-refractivity contribution in [1.29, 1.82) is 0 Å². The molecule has 0 radical (unpaired) electrons. The lowest BCUT2D eigenvalue weighted by atomic mass is 10.0. The number of nitrogens with one attached hydrogen (secondary N) is 1. The molecule has 4 rings (SSSR count). The Bertz CT molecular complexity index is 1730. The van der Waals surface area contributed by atoms with Crippen LogP contribution in [0.5, 0.6) is 0 Å². The van der Waals surface area contributed by atoms with E-state index in [4.69, 9.17) is 23.2 Å². The zero-order valence-corrected chi connectivity index (χ0v) is 27.9. The maximum absolute atomic E-state index is 14.5. The average Bonchev–Trinajstić information content (AvgIpc) is 3.02. The summed E-state index contributed by atoms with van der Waals surface area (Å²) in [4.78, 5) is 29.7. The van der Waals surface area contributed by atoms with Crippen LogP contribution >= 0.6 is 23.2 Å². The second-order valence-electron chi connectivity index (χ2n) is 10.9. The average molecular weight is 667 g/mol. The van der Waals surface area contributed by atoms with E-state index >= 15 is 0 Å². The molecule has 2 amide bonds. The van der Waals surface area contributed by atoms with E-state index in [1.165, 1.54) is 23.1 Å². The van der Waals surface area contributed by atoms with E-state index in [2.05, 4.69) is 5.32 Å². The van der Waals surface area contributed by atoms with Gasteiger partial charge in [-0.25, -0.2) is 8.42 Å². The lowest BCUT2D eigenvalue weighted by Crippen LogP contribution is -2.53. The molecule has 0 bridgehead atoms. The Labute approximate surface area is 275 Å². The van der Waals surface area contributed by atoms with Gasteiger partial charge in [-0.1, -0.05) is 96.4 Å². The number of aryl methyl sites for hydroxylation is 2. The standard InChI is InChI=1S/C35H37Cl2N3O4S/c1-4-19-38-35(42)33(21-27-9-6-5-7-10-27)39(23-28-11-8-12-29(36)20-28)34(41)24-40(30-16-15-26(3)32(37)22-30)45(43,44)31-17-13-25(2)14-18-31/h5-18,20,22,33H,4,19,21,23-24H2,1-3H3,(H,38,42)/t33-/m1/s1. The largest absolute Gasteiger partial charge is 0.354 e. The number of benzene rings is 4. The summed E-state index contributed by atoms with van der Waals surface area (Å²) in [6.45, 7) is 5.51. The summed E-state index contributed by atoms with van der Waals surface area (Å²) < 4.78 is 29.4. The van der Waals surface area contributed by atoms with Gasteiger partial charge in [0.05, 0.1) is 10.6 Å². The number of sulfonamides is 1. The van der Waals surface area contributed by atoms with E-state index in [9.17, 15) is 18.0 Å². The summed E-state index contributed by atoms with van der Waals surface area (Å²) >= 11 is 12.7. The van der Waals surface area contributed by atoms with Crippen molar-refractivity contribution >= 4 is 50.7 Å². The third kappa shape index (κ3) is 8.87. The molecule has 7 nitrogen and oxygen atoms in total. The Morgan fingerprint density at radius 3 is 2.18 bits per heavy atom. The molecule has 4 aromatic carbocycles. The minimum Gasteiger partial charge on any atom is -0.354 e. The number of anilines is 1. The van der Waals surface area contributed by atoms with Crippen molar-refractivity contribution in [3.8, 4) is 0 Å². The van der Waals surface area contributed by atoms with Crippen LogP contribution in [0, 0.1) is 13.8 Å². The number of carbonyl (C=O) groups excluding carboxylic acids is 2. The van der Waals surface area contributed by atoms with E-state index in [1.54, 1.807) is 42.5 Å². The predicted molar refractivity (Wildman–Crippen MR) is 181 cm³/mol. The molecule has 0 saturated heterocycles. The highest BCUT2D eigenvalue weighted by molar-refractivity contribution is 7.92. The Morgan fingerprint density at radius 2 is 1.53 bits per heavy atom. The van der Waals surface area contributed by atoms with Gasteiger partial charge in [0.15, 0.2) is 0 Å². The Balaban J connectivity index is 1.81. The number of rotatable bonds is 13. The molecule has 0 aromatic heterocycles. The van der Waals surface area contributed by atoms with Crippen LogP contribution in [0.3, 0.4) is 0 Å². The predicted octanol–water partition coefficient (Wildman–Crippen LogP) is 6.97. The minimum atomic E-state index is -4.22. The number of carbonyl (C=O) groups is 2. The van der Waals surface area contributed by atoms with Crippen LogP contribution in [0.15, 0.2) is 102 Å². The smallest absolute Gasteiger partial charge is 0.264 e. The van der Waals surface area contributed by atoms with E-state index < -0.39 is 28.5 Å². The highest BCUT2D eigenvalue weighted by Gasteiger charge is 2.34. The van der Waals surface area contributed by atoms with Gasteiger partial charge in [0.2, 0.25) is 11.8 Å². The highest BCUT2D eigenvalue weighted by atomic mass is 35.5. The van der Waals surface area contributed by atoms with Crippen molar-refractivity contribution in [3.05, 3.63) is 129 Å². The second kappa shape index (κ2) is 15.4. The molecule has 236 valence electrons. The quantitative estimate of drug-likeness (QED) is 0.167. The van der Waals surface area contributed by atoms with Crippen molar-refractivity contribution in [2.24, 2.45) is 0 Å². The number of halogens is 2. The van der Waals surface area contributed by atoms with E-state index in [-0.39, 0.29) is 29.5 Å². The lowest BCUT2D eigenvalue weighted by Gasteiger charge is -2.34. The molecule has 0 heterocycles. The van der Waals surface area contributed by atoms with Gasteiger partial charge in [0.25, 0.3) is 10.0 Å². The fourth-order valence-electron chi connectivity index (χ4n) is 4.86. The van der Waals surface area contributed by atoms with Crippen LogP contribution in [0.4, 0.5) is 5.69 Å². The summed E-state index contributed by atoms with van der Waals surface area (Å²) in [5.74, 6) is -0.891. The molecule has 0 unspecified atom stereocenters. The number of hydrogen-bond donors (Lipinski definition) is 1. The first-order valence-corrected chi connectivity index (χ1v) is 16.9. The zero-order valence-electron chi connectivity index (χ0n) is 25.5. The van der Waals surface area contributed by atoms with Gasteiger partial charge in [-0.2, -0.15) is 0 Å². The normalized spacial score (nSPS) is 11.9. The number of nitrogens with zero attached hydrogens (tertiary/aromatic N) is 2. The fourth-order valence-corrected chi connectivity index (χ4v) is 6.65. The first-order valence-electron chi connectivity index (χ1n) is 14.7. The van der Waals surface area contributed by atoms with Crippen LogP contribution in [0.1, 0.15) is 35.6 Å². The van der Waals surface area contributed by atoms with Crippen molar-refractivity contribution in [2.75, 3.05) is 17.4 Å². The van der Waals surface area contributed by atoms with Crippen LogP contribution in [-0.2, 0) is 32.6 Å². The lowest BCUT2D eigenvalue weighted by molar-refractivity contribution is -0.140. The van der Waals surface area contributed by atoms with E-state index in [0.29, 0.717) is 28.6 Å². The van der Waals surface area contributed by atoms with Gasteiger partial charge >= 0.3 is 0 Å². The maximum atomic E-state index is 14.5. The molecule has 0 aliphatic carbocycles. The van der Waals surface area contributed by atoms with Crippen LogP contribution in [0.25, 0.3) is 0 Å². The Morgan fingerprint density at radius 1 is 0.844 bits per heavy atom. The molecule has 10 heteroatoms. The Kier molecular flexibility index (Phi) is 11.7. The summed E-state index contributed by atoms with van der Waals surface area (Å²) in [5.41, 5.74) is 3.44. The fraction of sp³-hybridized carbons (Fsp3) is 0.257. The third-order valence-electron chi connectivity index (χ3n) is 7.39. The number of hydrogen-bond acceptors (Lipinski definition) is 4. The van der Waals surface area contributed by atoms with Gasteiger partial charge in [-0.05, 0) is 73.4 Å². The third-order valence-corrected chi connectivity index (χ3v) is 9.82. The summed E-state index contributed by atoms with van der Waals surface area (Å²) in [7, 11) is -4.22. The zero-order chi connectivity index (χ0) is 32.6. The molecule has 0 aliphatic heterocycles. The van der Waals surface area contributed by atoms with Gasteiger partial charge < -0.3 is 10.2 Å². The molecule has 0 spiro atoms. The van der Waals surface area contributed by atoms with Gasteiger partial charge in [-0.15, -0.1) is 0 Å². The van der Waals surface area contributed by atoms with Gasteiger partial charge in [-0.3, -0.25) is 13.9 Å². The first-order chi connectivity index (χ1) is 21.5. The molecule has 0 fully saturated rings. The second-order valence-corrected chi connectivity index (χ2v) is 13.6. The highest BCUT2D eigenvalue weighted by Crippen LogP contribution is 2.29.